The van der Waals surface area contributed by atoms with Crippen molar-refractivity contribution in [2.45, 2.75) is 43.9 Å². The van der Waals surface area contributed by atoms with Crippen LogP contribution in [-0.2, 0) is 26.0 Å². The Bertz CT molecular complexity index is 871. The molecule has 3 N–H and O–H groups in total. The third kappa shape index (κ3) is 5.34. The normalized spacial score (nSPS) is 20.3. The summed E-state index contributed by atoms with van der Waals surface area (Å²) in [5.74, 6) is -0.396. The minimum Gasteiger partial charge on any atom is -0.369 e. The van der Waals surface area contributed by atoms with Crippen molar-refractivity contribution in [1.29, 1.82) is 0 Å². The minimum absolute atomic E-state index is 0.0315. The molecule has 2 aliphatic heterocycles. The molecule has 8 nitrogen and oxygen atoms in total. The van der Waals surface area contributed by atoms with Crippen LogP contribution in [0.1, 0.15) is 38.2 Å². The van der Waals surface area contributed by atoms with Crippen molar-refractivity contribution in [2.75, 3.05) is 37.6 Å². The number of piperidine rings is 1. The van der Waals surface area contributed by atoms with E-state index in [9.17, 15) is 18.0 Å². The molecule has 1 saturated heterocycles. The molecule has 2 amide bonds. The number of sulfonamides is 1. The molecule has 0 aliphatic carbocycles. The number of fused-ring (bicyclic) bond motifs is 1. The number of aryl methyl sites for hydroxylation is 1. The number of primary amides is 1. The Hall–Kier alpha value is -1.97. The van der Waals surface area contributed by atoms with Crippen LogP contribution in [0.3, 0.4) is 0 Å². The summed E-state index contributed by atoms with van der Waals surface area (Å²) in [5.41, 5.74) is 7.09. The lowest BCUT2D eigenvalue weighted by Gasteiger charge is -2.31. The number of anilines is 1. The standard InChI is InChI=1S/C20H30N4O4S/c1-15(25)24-12-3-5-16-13-18(7-8-19(16)24)29(27,28)22-9-4-11-23-10-2-6-17(14-23)20(21)26/h7-8,13,17,22H,2-6,9-12,14H2,1H3,(H2,21,26). The quantitative estimate of drug-likeness (QED) is 0.633. The summed E-state index contributed by atoms with van der Waals surface area (Å²) in [6, 6.07) is 4.96. The Morgan fingerprint density at radius 1 is 1.24 bits per heavy atom. The van der Waals surface area contributed by atoms with Crippen LogP contribution in [-0.4, -0.2) is 57.9 Å². The van der Waals surface area contributed by atoms with E-state index in [-0.39, 0.29) is 22.6 Å². The highest BCUT2D eigenvalue weighted by molar-refractivity contribution is 7.89. The van der Waals surface area contributed by atoms with Crippen LogP contribution in [0, 0.1) is 5.92 Å². The molecule has 2 aliphatic rings. The van der Waals surface area contributed by atoms with Crippen molar-refractivity contribution in [3.63, 3.8) is 0 Å². The lowest BCUT2D eigenvalue weighted by atomic mass is 9.97. The number of rotatable bonds is 7. The molecular formula is C20H30N4O4S. The minimum atomic E-state index is -3.60. The first-order chi connectivity index (χ1) is 13.8. The van der Waals surface area contributed by atoms with Crippen LogP contribution in [0.15, 0.2) is 23.1 Å². The Morgan fingerprint density at radius 2 is 2.03 bits per heavy atom. The maximum atomic E-state index is 12.7. The van der Waals surface area contributed by atoms with E-state index < -0.39 is 10.0 Å². The fourth-order valence-electron chi connectivity index (χ4n) is 4.15. The second-order valence-electron chi connectivity index (χ2n) is 7.86. The number of benzene rings is 1. The topological polar surface area (TPSA) is 113 Å². The molecule has 0 radical (unpaired) electrons. The first kappa shape index (κ1) is 21.7. The molecule has 0 spiro atoms. The summed E-state index contributed by atoms with van der Waals surface area (Å²) >= 11 is 0. The number of amides is 2. The number of nitrogens with two attached hydrogens (primary N) is 1. The molecule has 9 heteroatoms. The van der Waals surface area contributed by atoms with Gasteiger partial charge in [-0.3, -0.25) is 9.59 Å². The average molecular weight is 423 g/mol. The first-order valence-electron chi connectivity index (χ1n) is 10.2. The van der Waals surface area contributed by atoms with Gasteiger partial charge in [-0.2, -0.15) is 0 Å². The maximum absolute atomic E-state index is 12.7. The molecule has 0 bridgehead atoms. The monoisotopic (exact) mass is 422 g/mol. The third-order valence-electron chi connectivity index (χ3n) is 5.71. The highest BCUT2D eigenvalue weighted by Gasteiger charge is 2.24. The van der Waals surface area contributed by atoms with E-state index in [1.54, 1.807) is 23.1 Å². The SMILES string of the molecule is CC(=O)N1CCCc2cc(S(=O)(=O)NCCCN3CCCC(C(N)=O)C3)ccc21. The summed E-state index contributed by atoms with van der Waals surface area (Å²) in [5, 5.41) is 0. The highest BCUT2D eigenvalue weighted by Crippen LogP contribution is 2.29. The van der Waals surface area contributed by atoms with E-state index in [1.165, 1.54) is 6.92 Å². The maximum Gasteiger partial charge on any atom is 0.240 e. The van der Waals surface area contributed by atoms with Crippen molar-refractivity contribution in [1.82, 2.24) is 9.62 Å². The number of likely N-dealkylation sites (tertiary alicyclic amines) is 1. The number of hydrogen-bond acceptors (Lipinski definition) is 5. The molecule has 3 rings (SSSR count). The van der Waals surface area contributed by atoms with Crippen molar-refractivity contribution in [3.05, 3.63) is 23.8 Å². The van der Waals surface area contributed by atoms with Gasteiger partial charge in [-0.25, -0.2) is 13.1 Å². The fourth-order valence-corrected chi connectivity index (χ4v) is 5.28. The van der Waals surface area contributed by atoms with E-state index in [1.807, 2.05) is 0 Å². The number of carbonyl (C=O) groups is 2. The van der Waals surface area contributed by atoms with Gasteiger partial charge in [0.2, 0.25) is 21.8 Å². The van der Waals surface area contributed by atoms with Crippen LogP contribution < -0.4 is 15.4 Å². The summed E-state index contributed by atoms with van der Waals surface area (Å²) in [6.45, 7) is 4.81. The van der Waals surface area contributed by atoms with Crippen molar-refractivity contribution >= 4 is 27.5 Å². The number of nitrogens with zero attached hydrogens (tertiary/aromatic N) is 2. The highest BCUT2D eigenvalue weighted by atomic mass is 32.2. The number of hydrogen-bond donors (Lipinski definition) is 2. The van der Waals surface area contributed by atoms with Gasteiger partial charge in [0.25, 0.3) is 0 Å². The second-order valence-corrected chi connectivity index (χ2v) is 9.63. The van der Waals surface area contributed by atoms with Gasteiger partial charge in [-0.05, 0) is 69.0 Å². The molecule has 1 fully saturated rings. The van der Waals surface area contributed by atoms with Gasteiger partial charge in [0, 0.05) is 32.2 Å². The lowest BCUT2D eigenvalue weighted by Crippen LogP contribution is -2.42. The lowest BCUT2D eigenvalue weighted by molar-refractivity contribution is -0.123. The molecule has 1 unspecified atom stereocenters. The van der Waals surface area contributed by atoms with Gasteiger partial charge < -0.3 is 15.5 Å². The van der Waals surface area contributed by atoms with Gasteiger partial charge in [-0.15, -0.1) is 0 Å². The summed E-state index contributed by atoms with van der Waals surface area (Å²) in [4.78, 5) is 27.2. The van der Waals surface area contributed by atoms with Crippen molar-refractivity contribution in [2.24, 2.45) is 11.7 Å². The van der Waals surface area contributed by atoms with Crippen LogP contribution in [0.2, 0.25) is 0 Å². The largest absolute Gasteiger partial charge is 0.369 e. The number of nitrogens with one attached hydrogen (secondary N) is 1. The van der Waals surface area contributed by atoms with Crippen LogP contribution in [0.5, 0.6) is 0 Å². The third-order valence-corrected chi connectivity index (χ3v) is 7.17. The summed E-state index contributed by atoms with van der Waals surface area (Å²) in [7, 11) is -3.60. The molecule has 1 aromatic carbocycles. The first-order valence-corrected chi connectivity index (χ1v) is 11.7. The molecule has 29 heavy (non-hydrogen) atoms. The fraction of sp³-hybridized carbons (Fsp3) is 0.600. The predicted molar refractivity (Wildman–Crippen MR) is 111 cm³/mol. The molecule has 2 heterocycles. The Labute approximate surface area is 172 Å². The van der Waals surface area contributed by atoms with Crippen LogP contribution in [0.25, 0.3) is 0 Å². The average Bonchev–Trinajstić information content (AvgIpc) is 2.70. The smallest absolute Gasteiger partial charge is 0.240 e. The van der Waals surface area contributed by atoms with Crippen LogP contribution in [0.4, 0.5) is 5.69 Å². The summed E-state index contributed by atoms with van der Waals surface area (Å²) in [6.07, 6.45) is 4.02. The van der Waals surface area contributed by atoms with Gasteiger partial charge in [0.1, 0.15) is 0 Å². The zero-order valence-corrected chi connectivity index (χ0v) is 17.7. The van der Waals surface area contributed by atoms with Gasteiger partial charge in [0.15, 0.2) is 0 Å². The van der Waals surface area contributed by atoms with Gasteiger partial charge >= 0.3 is 0 Å². The van der Waals surface area contributed by atoms with Crippen LogP contribution >= 0.6 is 0 Å². The Kier molecular flexibility index (Phi) is 6.92. The van der Waals surface area contributed by atoms with E-state index in [0.717, 1.165) is 50.0 Å². The molecule has 160 valence electrons. The predicted octanol–water partition coefficient (Wildman–Crippen LogP) is 0.851. The zero-order chi connectivity index (χ0) is 21.0. The van der Waals surface area contributed by atoms with Gasteiger partial charge in [0.05, 0.1) is 10.8 Å². The zero-order valence-electron chi connectivity index (χ0n) is 16.9. The van der Waals surface area contributed by atoms with E-state index >= 15 is 0 Å². The van der Waals surface area contributed by atoms with Crippen molar-refractivity contribution in [3.8, 4) is 0 Å². The summed E-state index contributed by atoms with van der Waals surface area (Å²) < 4.78 is 28.0. The molecule has 1 atom stereocenters. The second kappa shape index (κ2) is 9.23. The molecule has 1 aromatic rings. The van der Waals surface area contributed by atoms with Gasteiger partial charge in [-0.1, -0.05) is 0 Å². The molecule has 0 saturated carbocycles. The molecule has 0 aromatic heterocycles. The Morgan fingerprint density at radius 3 is 2.76 bits per heavy atom. The Balaban J connectivity index is 1.55. The van der Waals surface area contributed by atoms with E-state index in [0.29, 0.717) is 26.1 Å². The molecular weight excluding hydrogens is 392 g/mol. The van der Waals surface area contributed by atoms with E-state index in [4.69, 9.17) is 5.73 Å². The number of carbonyl (C=O) groups excluding carboxylic acids is 2. The van der Waals surface area contributed by atoms with E-state index in [2.05, 4.69) is 9.62 Å². The van der Waals surface area contributed by atoms with Crippen molar-refractivity contribution < 1.29 is 18.0 Å².